The van der Waals surface area contributed by atoms with Crippen LogP contribution in [0.3, 0.4) is 0 Å². The van der Waals surface area contributed by atoms with Crippen molar-refractivity contribution < 1.29 is 4.79 Å². The molecule has 0 aliphatic heterocycles. The highest BCUT2D eigenvalue weighted by Crippen LogP contribution is 2.33. The van der Waals surface area contributed by atoms with Crippen LogP contribution in [0.15, 0.2) is 12.1 Å². The number of carbonyl (C=O) groups excluding carboxylic acids is 1. The van der Waals surface area contributed by atoms with Crippen LogP contribution in [0.25, 0.3) is 0 Å². The van der Waals surface area contributed by atoms with Crippen LogP contribution in [0.4, 0.5) is 5.69 Å². The lowest BCUT2D eigenvalue weighted by Gasteiger charge is -2.09. The van der Waals surface area contributed by atoms with Crippen LogP contribution >= 0.6 is 61.7 Å². The first-order valence-electron chi connectivity index (χ1n) is 4.05. The van der Waals surface area contributed by atoms with Crippen LogP contribution in [-0.2, 0) is 4.79 Å². The Kier molecular flexibility index (Phi) is 5.66. The number of alkyl halides is 1. The highest BCUT2D eigenvalue weighted by Gasteiger charge is 2.11. The highest BCUT2D eigenvalue weighted by atomic mass is 127. The molecule has 0 fully saturated rings. The van der Waals surface area contributed by atoms with Gasteiger partial charge in [0.05, 0.1) is 15.7 Å². The first-order chi connectivity index (χ1) is 7.06. The lowest BCUT2D eigenvalue weighted by atomic mass is 10.3. The number of amides is 1. The Morgan fingerprint density at radius 1 is 1.47 bits per heavy atom. The second-order valence-electron chi connectivity index (χ2n) is 2.71. The van der Waals surface area contributed by atoms with Crippen LogP contribution in [0, 0.1) is 3.57 Å². The van der Waals surface area contributed by atoms with Gasteiger partial charge in [-0.15, -0.1) is 0 Å². The molecule has 0 saturated carbocycles. The summed E-state index contributed by atoms with van der Waals surface area (Å²) in [5, 5.41) is 4.16. The minimum Gasteiger partial charge on any atom is -0.324 e. The third-order valence-electron chi connectivity index (χ3n) is 1.63. The van der Waals surface area contributed by atoms with E-state index in [2.05, 4.69) is 43.8 Å². The summed E-state index contributed by atoms with van der Waals surface area (Å²) in [6.45, 7) is 0. The maximum absolute atomic E-state index is 11.4. The van der Waals surface area contributed by atoms with E-state index in [1.807, 2.05) is 0 Å². The van der Waals surface area contributed by atoms with E-state index in [9.17, 15) is 4.79 Å². The molecule has 82 valence electrons. The molecule has 0 unspecified atom stereocenters. The molecule has 2 nitrogen and oxygen atoms in total. The van der Waals surface area contributed by atoms with E-state index >= 15 is 0 Å². The molecule has 1 N–H and O–H groups in total. The molecule has 0 aliphatic carbocycles. The predicted octanol–water partition coefficient (Wildman–Crippen LogP) is 4.32. The molecule has 0 heterocycles. The van der Waals surface area contributed by atoms with Gasteiger partial charge in [-0.25, -0.2) is 0 Å². The van der Waals surface area contributed by atoms with Crippen LogP contribution < -0.4 is 5.32 Å². The van der Waals surface area contributed by atoms with E-state index in [0.29, 0.717) is 27.5 Å². The van der Waals surface area contributed by atoms with E-state index in [-0.39, 0.29) is 5.91 Å². The SMILES string of the molecule is O=C(CCBr)Nc1c(I)ccc(Cl)c1Cl. The maximum Gasteiger partial charge on any atom is 0.225 e. The predicted molar refractivity (Wildman–Crippen MR) is 76.2 cm³/mol. The lowest BCUT2D eigenvalue weighted by Crippen LogP contribution is -2.13. The first-order valence-corrected chi connectivity index (χ1v) is 7.01. The standard InChI is InChI=1S/C9H7BrCl2INO/c10-4-3-7(15)14-9-6(13)2-1-5(11)8(9)12/h1-2H,3-4H2,(H,14,15). The van der Waals surface area contributed by atoms with E-state index in [1.165, 1.54) is 0 Å². The molecule has 0 saturated heterocycles. The summed E-state index contributed by atoms with van der Waals surface area (Å²) in [6, 6.07) is 3.50. The molecule has 0 aliphatic rings. The minimum absolute atomic E-state index is 0.0889. The van der Waals surface area contributed by atoms with Gasteiger partial charge in [-0.2, -0.15) is 0 Å². The number of nitrogens with one attached hydrogen (secondary N) is 1. The molecule has 1 aromatic carbocycles. The molecule has 6 heteroatoms. The molecule has 1 amide bonds. The topological polar surface area (TPSA) is 29.1 Å². The van der Waals surface area contributed by atoms with E-state index < -0.39 is 0 Å². The number of hydrogen-bond donors (Lipinski definition) is 1. The Hall–Kier alpha value is 0.480. The van der Waals surface area contributed by atoms with Crippen molar-refractivity contribution in [2.24, 2.45) is 0 Å². The van der Waals surface area contributed by atoms with Crippen LogP contribution in [0.1, 0.15) is 6.42 Å². The second kappa shape index (κ2) is 6.27. The minimum atomic E-state index is -0.0889. The van der Waals surface area contributed by atoms with Gasteiger partial charge in [0.15, 0.2) is 0 Å². The average molecular weight is 423 g/mol. The van der Waals surface area contributed by atoms with Crippen molar-refractivity contribution in [1.29, 1.82) is 0 Å². The Morgan fingerprint density at radius 2 is 2.13 bits per heavy atom. The fraction of sp³-hybridized carbons (Fsp3) is 0.222. The molecular formula is C9H7BrCl2INO. The van der Waals surface area contributed by atoms with Gasteiger partial charge in [-0.1, -0.05) is 39.1 Å². The third kappa shape index (κ3) is 3.76. The maximum atomic E-state index is 11.4. The second-order valence-corrected chi connectivity index (χ2v) is 5.45. The smallest absolute Gasteiger partial charge is 0.225 e. The number of benzene rings is 1. The zero-order valence-electron chi connectivity index (χ0n) is 7.49. The molecule has 1 rings (SSSR count). The van der Waals surface area contributed by atoms with Crippen molar-refractivity contribution in [3.63, 3.8) is 0 Å². The van der Waals surface area contributed by atoms with Gasteiger partial charge in [0.1, 0.15) is 0 Å². The molecule has 0 radical (unpaired) electrons. The van der Waals surface area contributed by atoms with Crippen LogP contribution in [0.2, 0.25) is 10.0 Å². The Bertz CT molecular complexity index is 387. The van der Waals surface area contributed by atoms with Gasteiger partial charge in [-0.3, -0.25) is 4.79 Å². The number of carbonyl (C=O) groups is 1. The van der Waals surface area contributed by atoms with Crippen molar-refractivity contribution in [3.05, 3.63) is 25.7 Å². The molecule has 15 heavy (non-hydrogen) atoms. The van der Waals surface area contributed by atoms with Crippen LogP contribution in [0.5, 0.6) is 0 Å². The Labute approximate surface area is 120 Å². The van der Waals surface area contributed by atoms with Gasteiger partial charge in [-0.05, 0) is 34.7 Å². The van der Waals surface area contributed by atoms with Gasteiger partial charge < -0.3 is 5.32 Å². The quantitative estimate of drug-likeness (QED) is 0.438. The first kappa shape index (κ1) is 13.5. The molecule has 0 spiro atoms. The summed E-state index contributed by atoms with van der Waals surface area (Å²) in [7, 11) is 0. The van der Waals surface area contributed by atoms with Gasteiger partial charge in [0, 0.05) is 15.3 Å². The van der Waals surface area contributed by atoms with Crippen molar-refractivity contribution >= 4 is 73.3 Å². The monoisotopic (exact) mass is 421 g/mol. The fourth-order valence-electron chi connectivity index (χ4n) is 0.929. The van der Waals surface area contributed by atoms with Gasteiger partial charge >= 0.3 is 0 Å². The zero-order chi connectivity index (χ0) is 11.4. The van der Waals surface area contributed by atoms with E-state index in [1.54, 1.807) is 12.1 Å². The lowest BCUT2D eigenvalue weighted by molar-refractivity contribution is -0.115. The van der Waals surface area contributed by atoms with Crippen molar-refractivity contribution in [2.45, 2.75) is 6.42 Å². The van der Waals surface area contributed by atoms with E-state index in [4.69, 9.17) is 23.2 Å². The average Bonchev–Trinajstić information content (AvgIpc) is 2.19. The molecule has 0 atom stereocenters. The van der Waals surface area contributed by atoms with Crippen molar-refractivity contribution in [2.75, 3.05) is 10.6 Å². The zero-order valence-corrected chi connectivity index (χ0v) is 12.7. The van der Waals surface area contributed by atoms with Gasteiger partial charge in [0.2, 0.25) is 5.91 Å². The van der Waals surface area contributed by atoms with Crippen molar-refractivity contribution in [1.82, 2.24) is 0 Å². The largest absolute Gasteiger partial charge is 0.324 e. The van der Waals surface area contributed by atoms with E-state index in [0.717, 1.165) is 3.57 Å². The molecule has 1 aromatic rings. The van der Waals surface area contributed by atoms with Gasteiger partial charge in [0.25, 0.3) is 0 Å². The molecule has 0 bridgehead atoms. The summed E-state index contributed by atoms with van der Waals surface area (Å²) >= 11 is 17.1. The number of anilines is 1. The Morgan fingerprint density at radius 3 is 2.73 bits per heavy atom. The number of halogens is 4. The summed E-state index contributed by atoms with van der Waals surface area (Å²) < 4.78 is 0.866. The summed E-state index contributed by atoms with van der Waals surface area (Å²) in [5.41, 5.74) is 0.579. The van der Waals surface area contributed by atoms with Crippen LogP contribution in [-0.4, -0.2) is 11.2 Å². The number of rotatable bonds is 3. The molecule has 0 aromatic heterocycles. The normalized spacial score (nSPS) is 10.1. The highest BCUT2D eigenvalue weighted by molar-refractivity contribution is 14.1. The number of hydrogen-bond acceptors (Lipinski definition) is 1. The summed E-state index contributed by atoms with van der Waals surface area (Å²) in [4.78, 5) is 11.4. The fourth-order valence-corrected chi connectivity index (χ4v) is 2.40. The summed E-state index contributed by atoms with van der Waals surface area (Å²) in [5.74, 6) is -0.0889. The summed E-state index contributed by atoms with van der Waals surface area (Å²) in [6.07, 6.45) is 0.402. The molecular weight excluding hydrogens is 416 g/mol. The third-order valence-corrected chi connectivity index (χ3v) is 3.73. The van der Waals surface area contributed by atoms with Crippen molar-refractivity contribution in [3.8, 4) is 0 Å². The Balaban J connectivity index is 2.93.